The fraction of sp³-hybridized carbons (Fsp3) is 0.125. The summed E-state index contributed by atoms with van der Waals surface area (Å²) < 4.78 is 6.11. The van der Waals surface area contributed by atoms with Crippen LogP contribution in [0.25, 0.3) is 33.6 Å². The van der Waals surface area contributed by atoms with Gasteiger partial charge in [0.05, 0.1) is 23.5 Å². The highest BCUT2D eigenvalue weighted by molar-refractivity contribution is 6.09. The third-order valence-electron chi connectivity index (χ3n) is 4.60. The molecule has 0 saturated carbocycles. The van der Waals surface area contributed by atoms with Gasteiger partial charge in [-0.25, -0.2) is 18.8 Å². The number of hydrogen-bond donors (Lipinski definition) is 2. The molecule has 0 atom stereocenters. The van der Waals surface area contributed by atoms with Gasteiger partial charge < -0.3 is 19.3 Å². The summed E-state index contributed by atoms with van der Waals surface area (Å²) in [5.41, 5.74) is 1.50. The Bertz CT molecular complexity index is 1500. The lowest BCUT2D eigenvalue weighted by atomic mass is 10.1. The summed E-state index contributed by atoms with van der Waals surface area (Å²) in [6.07, 6.45) is 2.95. The van der Waals surface area contributed by atoms with E-state index in [1.54, 1.807) is 23.2 Å². The van der Waals surface area contributed by atoms with E-state index in [0.29, 0.717) is 28.1 Å². The third-order valence-corrected chi connectivity index (χ3v) is 4.60. The molecule has 0 bridgehead atoms. The van der Waals surface area contributed by atoms with Gasteiger partial charge in [-0.05, 0) is 0 Å². The van der Waals surface area contributed by atoms with Gasteiger partial charge in [0.25, 0.3) is 0 Å². The predicted octanol–water partition coefficient (Wildman–Crippen LogP) is 1.12. The third kappa shape index (κ3) is 1.36. The highest BCUT2D eigenvalue weighted by Crippen LogP contribution is 2.36. The second kappa shape index (κ2) is 4.26. The van der Waals surface area contributed by atoms with Gasteiger partial charge in [-0.2, -0.15) is 10.5 Å². The van der Waals surface area contributed by atoms with Gasteiger partial charge in [-0.15, -0.1) is 0 Å². The maximum atomic E-state index is 10.3. The molecule has 0 saturated heterocycles. The Kier molecular flexibility index (Phi) is 2.32. The maximum Gasteiger partial charge on any atom is 0.217 e. The number of aryl methyl sites for hydroxylation is 2. The van der Waals surface area contributed by atoms with Crippen molar-refractivity contribution in [2.24, 2.45) is 14.1 Å². The zero-order valence-electron chi connectivity index (χ0n) is 13.6. The molecule has 26 heavy (non-hydrogen) atoms. The number of aromatic nitrogens is 6. The molecule has 0 fully saturated rings. The van der Waals surface area contributed by atoms with Crippen LogP contribution in [0.2, 0.25) is 0 Å². The first-order valence-electron chi connectivity index (χ1n) is 7.57. The molecule has 10 nitrogen and oxygen atoms in total. The molecule has 0 amide bonds. The van der Waals surface area contributed by atoms with Crippen LogP contribution in [0, 0.1) is 22.7 Å². The highest BCUT2D eigenvalue weighted by atomic mass is 16.3. The molecule has 5 rings (SSSR count). The van der Waals surface area contributed by atoms with Gasteiger partial charge in [-0.1, -0.05) is 0 Å². The molecule has 0 unspecified atom stereocenters. The highest BCUT2D eigenvalue weighted by Gasteiger charge is 2.27. The van der Waals surface area contributed by atoms with Gasteiger partial charge in [0.2, 0.25) is 23.3 Å². The molecule has 2 N–H and O–H groups in total. The molecule has 4 heterocycles. The average Bonchev–Trinajstić information content (AvgIpc) is 3.30. The van der Waals surface area contributed by atoms with Crippen molar-refractivity contribution < 1.29 is 10.2 Å². The van der Waals surface area contributed by atoms with Crippen LogP contribution in [-0.4, -0.2) is 38.1 Å². The van der Waals surface area contributed by atoms with Crippen LogP contribution in [0.15, 0.2) is 12.4 Å². The quantitative estimate of drug-likeness (QED) is 0.432. The van der Waals surface area contributed by atoms with Gasteiger partial charge in [0, 0.05) is 14.1 Å². The number of benzene rings is 1. The molecule has 126 valence electrons. The molecule has 0 spiro atoms. The van der Waals surface area contributed by atoms with Crippen LogP contribution in [-0.2, 0) is 14.1 Å². The van der Waals surface area contributed by atoms with Crippen LogP contribution >= 0.6 is 0 Å². The van der Waals surface area contributed by atoms with Crippen molar-refractivity contribution in [1.29, 1.82) is 10.5 Å². The van der Waals surface area contributed by atoms with Crippen molar-refractivity contribution in [3.05, 3.63) is 23.5 Å². The molecule has 0 aliphatic carbocycles. The number of hydrogen-bond acceptors (Lipinski definition) is 6. The van der Waals surface area contributed by atoms with Crippen molar-refractivity contribution in [2.45, 2.75) is 0 Å². The van der Waals surface area contributed by atoms with E-state index in [4.69, 9.17) is 0 Å². The number of nitriles is 2. The molecule has 5 aromatic rings. The molecular weight excluding hydrogens is 336 g/mol. The Morgan fingerprint density at radius 3 is 1.85 bits per heavy atom. The van der Waals surface area contributed by atoms with E-state index < -0.39 is 0 Å². The lowest BCUT2D eigenvalue weighted by Crippen LogP contribution is -1.93. The van der Waals surface area contributed by atoms with Crippen LogP contribution in [0.3, 0.4) is 0 Å². The summed E-state index contributed by atoms with van der Waals surface area (Å²) in [5, 5.41) is 40.0. The van der Waals surface area contributed by atoms with Crippen molar-refractivity contribution in [1.82, 2.24) is 27.9 Å². The lowest BCUT2D eigenvalue weighted by Gasteiger charge is -2.02. The average molecular weight is 346 g/mol. The maximum absolute atomic E-state index is 10.3. The van der Waals surface area contributed by atoms with Gasteiger partial charge in [-0.3, -0.25) is 0 Å². The van der Waals surface area contributed by atoms with Crippen molar-refractivity contribution >= 4 is 33.6 Å². The normalized spacial score (nSPS) is 11.7. The summed E-state index contributed by atoms with van der Waals surface area (Å²) in [6, 6.07) is 4.07. The minimum absolute atomic E-state index is 0.0684. The summed E-state index contributed by atoms with van der Waals surface area (Å²) >= 11 is 0. The fourth-order valence-electron chi connectivity index (χ4n) is 3.54. The largest absolute Gasteiger partial charge is 0.493 e. The molecule has 4 aromatic heterocycles. The minimum Gasteiger partial charge on any atom is -0.493 e. The summed E-state index contributed by atoms with van der Waals surface area (Å²) in [5.74, 6) is 0.631. The van der Waals surface area contributed by atoms with Crippen molar-refractivity contribution in [3.8, 4) is 23.9 Å². The van der Waals surface area contributed by atoms with E-state index in [-0.39, 0.29) is 28.4 Å². The van der Waals surface area contributed by atoms with E-state index in [2.05, 4.69) is 9.97 Å². The summed E-state index contributed by atoms with van der Waals surface area (Å²) in [6.45, 7) is 0. The molecule has 0 radical (unpaired) electrons. The first-order chi connectivity index (χ1) is 12.5. The molecule has 0 aliphatic rings. The van der Waals surface area contributed by atoms with Gasteiger partial charge in [0.15, 0.2) is 0 Å². The Morgan fingerprint density at radius 2 is 1.31 bits per heavy atom. The van der Waals surface area contributed by atoms with Crippen LogP contribution in [0.1, 0.15) is 11.1 Å². The van der Waals surface area contributed by atoms with Crippen LogP contribution < -0.4 is 0 Å². The number of fused-ring (bicyclic) bond motifs is 7. The lowest BCUT2D eigenvalue weighted by molar-refractivity contribution is 0.450. The second-order valence-electron chi connectivity index (χ2n) is 6.06. The summed E-state index contributed by atoms with van der Waals surface area (Å²) in [4.78, 5) is 8.98. The van der Waals surface area contributed by atoms with E-state index in [1.165, 1.54) is 21.2 Å². The van der Waals surface area contributed by atoms with E-state index in [0.717, 1.165) is 0 Å². The molecular formula is C16H10N8O2. The van der Waals surface area contributed by atoms with E-state index in [9.17, 15) is 20.7 Å². The predicted molar refractivity (Wildman–Crippen MR) is 89.7 cm³/mol. The number of rotatable bonds is 0. The SMILES string of the molecule is Cn1cc(O)n2c3c(C#N)c(C#N)c4nc5n(C)cc(O)n5c4c3nc12. The molecule has 1 aromatic carbocycles. The standard InChI is InChI=1S/C16H10N8O2/c1-21-6-10(26)24-14-11(19-15(21)24)7(3-17)8(4-18)13-12(14)20-16-22(2)5-9(25)23(13)16/h5-6,25-26H,1-2H3. The number of aromatic hydroxyl groups is 2. The van der Waals surface area contributed by atoms with E-state index >= 15 is 0 Å². The smallest absolute Gasteiger partial charge is 0.217 e. The van der Waals surface area contributed by atoms with Crippen molar-refractivity contribution in [2.75, 3.05) is 0 Å². The second-order valence-corrected chi connectivity index (χ2v) is 6.06. The fourth-order valence-corrected chi connectivity index (χ4v) is 3.54. The minimum atomic E-state index is -0.109. The van der Waals surface area contributed by atoms with Gasteiger partial charge >= 0.3 is 0 Å². The van der Waals surface area contributed by atoms with E-state index in [1.807, 2.05) is 12.1 Å². The zero-order valence-corrected chi connectivity index (χ0v) is 13.6. The van der Waals surface area contributed by atoms with Crippen LogP contribution in [0.5, 0.6) is 11.8 Å². The molecule has 10 heteroatoms. The number of nitrogens with zero attached hydrogens (tertiary/aromatic N) is 8. The Hall–Kier alpha value is -4.18. The first kappa shape index (κ1) is 14.2. The Labute approximate surface area is 144 Å². The first-order valence-corrected chi connectivity index (χ1v) is 7.57. The van der Waals surface area contributed by atoms with Gasteiger partial charge in [0.1, 0.15) is 34.3 Å². The van der Waals surface area contributed by atoms with Crippen molar-refractivity contribution in [3.63, 3.8) is 0 Å². The summed E-state index contributed by atoms with van der Waals surface area (Å²) in [7, 11) is 3.42. The van der Waals surface area contributed by atoms with Crippen LogP contribution in [0.4, 0.5) is 0 Å². The Balaban J connectivity index is 2.24. The topological polar surface area (TPSA) is 132 Å². The molecule has 0 aliphatic heterocycles. The monoisotopic (exact) mass is 346 g/mol. The number of imidazole rings is 4. The zero-order chi connectivity index (χ0) is 18.3. The Morgan fingerprint density at radius 1 is 0.808 bits per heavy atom.